The van der Waals surface area contributed by atoms with Gasteiger partial charge >= 0.3 is 6.03 Å². The molecule has 5 heteroatoms. The Labute approximate surface area is 105 Å². The van der Waals surface area contributed by atoms with Crippen LogP contribution in [0.15, 0.2) is 24.3 Å². The van der Waals surface area contributed by atoms with Gasteiger partial charge in [-0.05, 0) is 18.2 Å². The molecular weight excluding hydrogens is 230 g/mol. The predicted octanol–water partition coefficient (Wildman–Crippen LogP) is 0.632. The van der Waals surface area contributed by atoms with Gasteiger partial charge in [0.1, 0.15) is 0 Å². The van der Waals surface area contributed by atoms with Crippen LogP contribution in [0.2, 0.25) is 0 Å². The van der Waals surface area contributed by atoms with Crippen LogP contribution in [0.4, 0.5) is 10.5 Å². The topological polar surface area (TPSA) is 61.4 Å². The second-order valence-electron chi connectivity index (χ2n) is 3.86. The smallest absolute Gasteiger partial charge is 0.324 e. The molecular formula is C13H13N3O2. The van der Waals surface area contributed by atoms with Gasteiger partial charge in [0, 0.05) is 24.3 Å². The van der Waals surface area contributed by atoms with Gasteiger partial charge in [0.2, 0.25) is 5.91 Å². The largest absolute Gasteiger partial charge is 0.376 e. The van der Waals surface area contributed by atoms with E-state index in [9.17, 15) is 9.59 Å². The summed E-state index contributed by atoms with van der Waals surface area (Å²) in [6, 6.07) is 6.88. The maximum absolute atomic E-state index is 11.7. The lowest BCUT2D eigenvalue weighted by Gasteiger charge is -2.13. The number of amides is 3. The Morgan fingerprint density at radius 3 is 3.06 bits per heavy atom. The number of hydrogen-bond donors (Lipinski definition) is 2. The molecule has 1 aliphatic heterocycles. The minimum atomic E-state index is -0.334. The van der Waals surface area contributed by atoms with Crippen LogP contribution in [0.1, 0.15) is 5.56 Å². The van der Waals surface area contributed by atoms with Crippen molar-refractivity contribution in [1.29, 1.82) is 0 Å². The predicted molar refractivity (Wildman–Crippen MR) is 68.0 cm³/mol. The molecule has 1 aliphatic rings. The molecule has 92 valence electrons. The summed E-state index contributed by atoms with van der Waals surface area (Å²) >= 11 is 0. The number of carbonyl (C=O) groups is 2. The Morgan fingerprint density at radius 1 is 1.56 bits per heavy atom. The lowest BCUT2D eigenvalue weighted by Crippen LogP contribution is -2.37. The van der Waals surface area contributed by atoms with Gasteiger partial charge in [-0.1, -0.05) is 12.0 Å². The fourth-order valence-electron chi connectivity index (χ4n) is 1.70. The van der Waals surface area contributed by atoms with Gasteiger partial charge in [-0.2, -0.15) is 0 Å². The lowest BCUT2D eigenvalue weighted by molar-refractivity contribution is -0.125. The average Bonchev–Trinajstić information content (AvgIpc) is 2.82. The molecule has 0 aromatic heterocycles. The number of nitrogens with zero attached hydrogens (tertiary/aromatic N) is 1. The third-order valence-corrected chi connectivity index (χ3v) is 2.63. The van der Waals surface area contributed by atoms with Gasteiger partial charge in [-0.25, -0.2) is 4.79 Å². The summed E-state index contributed by atoms with van der Waals surface area (Å²) in [7, 11) is 0. The molecule has 2 N–H and O–H groups in total. The molecule has 1 saturated heterocycles. The Balaban J connectivity index is 1.93. The van der Waals surface area contributed by atoms with Crippen molar-refractivity contribution in [3.63, 3.8) is 0 Å². The second-order valence-corrected chi connectivity index (χ2v) is 3.86. The van der Waals surface area contributed by atoms with E-state index in [0.717, 1.165) is 11.3 Å². The zero-order valence-electron chi connectivity index (χ0n) is 9.77. The Hall–Kier alpha value is -2.48. The number of hydrogen-bond acceptors (Lipinski definition) is 3. The third-order valence-electron chi connectivity index (χ3n) is 2.63. The van der Waals surface area contributed by atoms with Crippen molar-refractivity contribution in [2.75, 3.05) is 25.0 Å². The number of terminal acetylenes is 1. The van der Waals surface area contributed by atoms with Crippen LogP contribution in [0.5, 0.6) is 0 Å². The molecule has 0 saturated carbocycles. The minimum absolute atomic E-state index is 0.0709. The van der Waals surface area contributed by atoms with Crippen LogP contribution < -0.4 is 10.6 Å². The Morgan fingerprint density at radius 2 is 2.39 bits per heavy atom. The Kier molecular flexibility index (Phi) is 3.49. The summed E-state index contributed by atoms with van der Waals surface area (Å²) in [6.07, 6.45) is 5.29. The normalized spacial score (nSPS) is 13.9. The van der Waals surface area contributed by atoms with Crippen LogP contribution in [0.25, 0.3) is 0 Å². The highest BCUT2D eigenvalue weighted by atomic mass is 16.2. The zero-order chi connectivity index (χ0) is 13.0. The van der Waals surface area contributed by atoms with E-state index in [0.29, 0.717) is 13.1 Å². The molecule has 0 radical (unpaired) electrons. The molecule has 0 bridgehead atoms. The summed E-state index contributed by atoms with van der Waals surface area (Å²) in [5.74, 6) is 2.26. The lowest BCUT2D eigenvalue weighted by atomic mass is 10.2. The minimum Gasteiger partial charge on any atom is -0.376 e. The molecule has 0 aliphatic carbocycles. The zero-order valence-corrected chi connectivity index (χ0v) is 9.77. The number of carbonyl (C=O) groups excluding carboxylic acids is 2. The third kappa shape index (κ3) is 2.61. The number of urea groups is 1. The highest BCUT2D eigenvalue weighted by Crippen LogP contribution is 2.09. The molecule has 1 fully saturated rings. The highest BCUT2D eigenvalue weighted by molar-refractivity contribution is 5.97. The van der Waals surface area contributed by atoms with Crippen LogP contribution >= 0.6 is 0 Å². The molecule has 1 heterocycles. The fraction of sp³-hybridized carbons (Fsp3) is 0.231. The van der Waals surface area contributed by atoms with E-state index in [4.69, 9.17) is 6.42 Å². The van der Waals surface area contributed by atoms with Crippen LogP contribution in [0.3, 0.4) is 0 Å². The number of anilines is 1. The SMILES string of the molecule is C#Cc1cccc(NCC(=O)N2CCNC2=O)c1. The van der Waals surface area contributed by atoms with E-state index in [1.165, 1.54) is 4.90 Å². The fourth-order valence-corrected chi connectivity index (χ4v) is 1.70. The molecule has 1 aromatic rings. The summed E-state index contributed by atoms with van der Waals surface area (Å²) in [5, 5.41) is 5.53. The van der Waals surface area contributed by atoms with Gasteiger partial charge in [0.25, 0.3) is 0 Å². The molecule has 18 heavy (non-hydrogen) atoms. The first kappa shape index (κ1) is 12.0. The summed E-state index contributed by atoms with van der Waals surface area (Å²) in [5.41, 5.74) is 1.50. The quantitative estimate of drug-likeness (QED) is 0.765. The van der Waals surface area contributed by atoms with Crippen molar-refractivity contribution in [1.82, 2.24) is 10.2 Å². The van der Waals surface area contributed by atoms with Crippen LogP contribution in [-0.4, -0.2) is 36.5 Å². The summed E-state index contributed by atoms with van der Waals surface area (Å²) in [4.78, 5) is 24.2. The van der Waals surface area contributed by atoms with E-state index in [2.05, 4.69) is 16.6 Å². The van der Waals surface area contributed by atoms with Crippen molar-refractivity contribution in [3.05, 3.63) is 29.8 Å². The van der Waals surface area contributed by atoms with Crippen molar-refractivity contribution in [2.45, 2.75) is 0 Å². The van der Waals surface area contributed by atoms with Gasteiger partial charge < -0.3 is 10.6 Å². The van der Waals surface area contributed by atoms with Crippen molar-refractivity contribution < 1.29 is 9.59 Å². The van der Waals surface area contributed by atoms with Crippen molar-refractivity contribution in [3.8, 4) is 12.3 Å². The first-order valence-electron chi connectivity index (χ1n) is 5.59. The Bertz CT molecular complexity index is 519. The molecule has 0 unspecified atom stereocenters. The molecule has 3 amide bonds. The van der Waals surface area contributed by atoms with E-state index in [1.54, 1.807) is 12.1 Å². The highest BCUT2D eigenvalue weighted by Gasteiger charge is 2.25. The van der Waals surface area contributed by atoms with Crippen LogP contribution in [-0.2, 0) is 4.79 Å². The standard InChI is InChI=1S/C13H13N3O2/c1-2-10-4-3-5-11(8-10)15-9-12(17)16-7-6-14-13(16)18/h1,3-5,8,15H,6-7,9H2,(H,14,18). The van der Waals surface area contributed by atoms with Crippen molar-refractivity contribution in [2.24, 2.45) is 0 Å². The summed E-state index contributed by atoms with van der Waals surface area (Å²) < 4.78 is 0. The number of benzene rings is 1. The van der Waals surface area contributed by atoms with Gasteiger partial charge in [-0.3, -0.25) is 9.69 Å². The molecule has 2 rings (SSSR count). The first-order chi connectivity index (χ1) is 8.70. The molecule has 5 nitrogen and oxygen atoms in total. The molecule has 0 spiro atoms. The molecule has 1 aromatic carbocycles. The van der Waals surface area contributed by atoms with Crippen molar-refractivity contribution >= 4 is 17.6 Å². The summed E-state index contributed by atoms with van der Waals surface area (Å²) in [6.45, 7) is 1.00. The molecule has 0 atom stereocenters. The van der Waals surface area contributed by atoms with E-state index >= 15 is 0 Å². The van der Waals surface area contributed by atoms with Gasteiger partial charge in [0.15, 0.2) is 0 Å². The van der Waals surface area contributed by atoms with E-state index in [-0.39, 0.29) is 18.5 Å². The maximum atomic E-state index is 11.7. The van der Waals surface area contributed by atoms with Gasteiger partial charge in [0.05, 0.1) is 6.54 Å². The average molecular weight is 243 g/mol. The van der Waals surface area contributed by atoms with E-state index in [1.807, 2.05) is 12.1 Å². The van der Waals surface area contributed by atoms with Crippen LogP contribution in [0, 0.1) is 12.3 Å². The maximum Gasteiger partial charge on any atom is 0.324 e. The monoisotopic (exact) mass is 243 g/mol. The van der Waals surface area contributed by atoms with E-state index < -0.39 is 0 Å². The van der Waals surface area contributed by atoms with Gasteiger partial charge in [-0.15, -0.1) is 6.42 Å². The number of nitrogens with one attached hydrogen (secondary N) is 2. The number of imide groups is 1. The number of rotatable bonds is 3. The second kappa shape index (κ2) is 5.23. The first-order valence-corrected chi connectivity index (χ1v) is 5.59.